The van der Waals surface area contributed by atoms with E-state index in [-0.39, 0.29) is 5.75 Å². The van der Waals surface area contributed by atoms with Crippen molar-refractivity contribution in [3.63, 3.8) is 0 Å². The van der Waals surface area contributed by atoms with Gasteiger partial charge in [-0.05, 0) is 72.0 Å². The molecule has 0 aliphatic carbocycles. The van der Waals surface area contributed by atoms with Crippen LogP contribution in [0.15, 0.2) is 110 Å². The van der Waals surface area contributed by atoms with Gasteiger partial charge in [-0.25, -0.2) is 4.98 Å². The molecule has 6 aromatic rings. The Morgan fingerprint density at radius 2 is 1.61 bits per heavy atom. The molecule has 186 valence electrons. The fourth-order valence-electron chi connectivity index (χ4n) is 5.04. The van der Waals surface area contributed by atoms with Crippen molar-refractivity contribution in [3.05, 3.63) is 115 Å². The van der Waals surface area contributed by atoms with Crippen LogP contribution in [0.2, 0.25) is 0 Å². The first kappa shape index (κ1) is 23.6. The highest BCUT2D eigenvalue weighted by atomic mass is 16.3. The molecule has 0 aliphatic heterocycles. The Bertz CT molecular complexity index is 1720. The van der Waals surface area contributed by atoms with Gasteiger partial charge in [0.15, 0.2) is 0 Å². The molecule has 0 aliphatic rings. The van der Waals surface area contributed by atoms with Crippen LogP contribution in [-0.2, 0) is 6.42 Å². The molecule has 1 N–H and O–H groups in total. The number of nitrogens with zero attached hydrogens (tertiary/aromatic N) is 4. The van der Waals surface area contributed by atoms with Crippen LogP contribution in [0.5, 0.6) is 5.75 Å². The van der Waals surface area contributed by atoms with Gasteiger partial charge < -0.3 is 5.11 Å². The van der Waals surface area contributed by atoms with Crippen molar-refractivity contribution in [2.75, 3.05) is 0 Å². The summed E-state index contributed by atoms with van der Waals surface area (Å²) in [4.78, 5) is 13.8. The molecular weight excluding hydrogens is 468 g/mol. The maximum Gasteiger partial charge on any atom is 0.149 e. The summed E-state index contributed by atoms with van der Waals surface area (Å²) in [7, 11) is 0. The van der Waals surface area contributed by atoms with Gasteiger partial charge in [0, 0.05) is 29.2 Å². The van der Waals surface area contributed by atoms with Crippen LogP contribution in [-0.4, -0.2) is 24.6 Å². The van der Waals surface area contributed by atoms with Gasteiger partial charge in [-0.1, -0.05) is 56.3 Å². The maximum absolute atomic E-state index is 10.7. The summed E-state index contributed by atoms with van der Waals surface area (Å²) in [5, 5.41) is 10.7. The third-order valence-corrected chi connectivity index (χ3v) is 6.65. The van der Waals surface area contributed by atoms with Crippen molar-refractivity contribution in [1.29, 1.82) is 0 Å². The number of benzene rings is 3. The number of hydrogen-bond donors (Lipinski definition) is 1. The Morgan fingerprint density at radius 1 is 0.789 bits per heavy atom. The van der Waals surface area contributed by atoms with E-state index in [1.807, 2.05) is 42.6 Å². The number of fused-ring (bicyclic) bond motifs is 1. The lowest BCUT2D eigenvalue weighted by atomic mass is 9.93. The molecule has 0 saturated carbocycles. The molecule has 0 bridgehead atoms. The molecule has 6 rings (SSSR count). The van der Waals surface area contributed by atoms with Gasteiger partial charge >= 0.3 is 0 Å². The molecule has 0 radical (unpaired) electrons. The average molecular weight is 497 g/mol. The molecule has 3 aromatic carbocycles. The lowest BCUT2D eigenvalue weighted by Gasteiger charge is -2.13. The van der Waals surface area contributed by atoms with Crippen molar-refractivity contribution >= 4 is 11.0 Å². The number of hydrogen-bond acceptors (Lipinski definition) is 4. The first-order valence-electron chi connectivity index (χ1n) is 12.8. The van der Waals surface area contributed by atoms with Crippen LogP contribution in [0.25, 0.3) is 50.5 Å². The Hall–Kier alpha value is -4.77. The molecule has 0 amide bonds. The summed E-state index contributed by atoms with van der Waals surface area (Å²) in [6.07, 6.45) is 5.94. The molecule has 0 saturated heterocycles. The predicted octanol–water partition coefficient (Wildman–Crippen LogP) is 7.72. The zero-order valence-electron chi connectivity index (χ0n) is 21.4. The second-order valence-electron chi connectivity index (χ2n) is 9.90. The van der Waals surface area contributed by atoms with Gasteiger partial charge in [-0.15, -0.1) is 0 Å². The van der Waals surface area contributed by atoms with Gasteiger partial charge in [0.1, 0.15) is 11.6 Å². The lowest BCUT2D eigenvalue weighted by Crippen LogP contribution is -1.97. The van der Waals surface area contributed by atoms with Crippen LogP contribution in [0.1, 0.15) is 19.4 Å². The molecule has 3 aromatic heterocycles. The SMILES string of the molecule is CC(C)Cc1cc(-c2ccccn2)cc(-c2cccc3c2nc(-c2ccncc2O)n3-c2ccccc2)c1. The van der Waals surface area contributed by atoms with E-state index in [1.54, 1.807) is 12.3 Å². The number of para-hydroxylation sites is 2. The monoisotopic (exact) mass is 496 g/mol. The number of rotatable bonds is 6. The second-order valence-corrected chi connectivity index (χ2v) is 9.90. The van der Waals surface area contributed by atoms with E-state index >= 15 is 0 Å². The lowest BCUT2D eigenvalue weighted by molar-refractivity contribution is 0.474. The highest BCUT2D eigenvalue weighted by Gasteiger charge is 2.20. The smallest absolute Gasteiger partial charge is 0.149 e. The van der Waals surface area contributed by atoms with E-state index in [2.05, 4.69) is 76.9 Å². The number of pyridine rings is 2. The number of aromatic nitrogens is 4. The van der Waals surface area contributed by atoms with Gasteiger partial charge in [-0.3, -0.25) is 14.5 Å². The highest BCUT2D eigenvalue weighted by molar-refractivity contribution is 5.96. The standard InChI is InChI=1S/C33H28N4O/c1-22(2)17-23-18-24(20-25(19-23)29-12-6-7-15-35-29)27-11-8-13-30-32(27)36-33(28-14-16-34-21-31(28)38)37(30)26-9-4-3-5-10-26/h3-16,18-22,38H,17H2,1-2H3. The fourth-order valence-corrected chi connectivity index (χ4v) is 5.04. The molecule has 0 spiro atoms. The normalized spacial score (nSPS) is 11.3. The van der Waals surface area contributed by atoms with E-state index in [9.17, 15) is 5.11 Å². The van der Waals surface area contributed by atoms with Crippen LogP contribution in [0, 0.1) is 5.92 Å². The molecule has 5 nitrogen and oxygen atoms in total. The van der Waals surface area contributed by atoms with E-state index in [1.165, 1.54) is 11.8 Å². The van der Waals surface area contributed by atoms with Crippen LogP contribution in [0.4, 0.5) is 0 Å². The summed E-state index contributed by atoms with van der Waals surface area (Å²) in [5.41, 5.74) is 8.88. The van der Waals surface area contributed by atoms with Gasteiger partial charge in [0.25, 0.3) is 0 Å². The van der Waals surface area contributed by atoms with Crippen LogP contribution in [0.3, 0.4) is 0 Å². The Morgan fingerprint density at radius 3 is 2.37 bits per heavy atom. The van der Waals surface area contributed by atoms with Crippen molar-refractivity contribution in [1.82, 2.24) is 19.5 Å². The highest BCUT2D eigenvalue weighted by Crippen LogP contribution is 2.38. The maximum atomic E-state index is 10.7. The summed E-state index contributed by atoms with van der Waals surface area (Å²) < 4.78 is 2.10. The third kappa shape index (κ3) is 4.43. The Kier molecular flexibility index (Phi) is 6.18. The van der Waals surface area contributed by atoms with Gasteiger partial charge in [-0.2, -0.15) is 0 Å². The molecule has 0 unspecified atom stereocenters. The van der Waals surface area contributed by atoms with E-state index in [0.29, 0.717) is 17.3 Å². The predicted molar refractivity (Wildman–Crippen MR) is 153 cm³/mol. The fraction of sp³-hybridized carbons (Fsp3) is 0.121. The van der Waals surface area contributed by atoms with E-state index in [4.69, 9.17) is 4.98 Å². The summed E-state index contributed by atoms with van der Waals surface area (Å²) in [5.74, 6) is 1.29. The van der Waals surface area contributed by atoms with Crippen LogP contribution < -0.4 is 0 Å². The zero-order valence-corrected chi connectivity index (χ0v) is 21.4. The Labute approximate surface area is 222 Å². The first-order chi connectivity index (χ1) is 18.6. The molecule has 0 atom stereocenters. The summed E-state index contributed by atoms with van der Waals surface area (Å²) in [6.45, 7) is 4.48. The summed E-state index contributed by atoms with van der Waals surface area (Å²) >= 11 is 0. The minimum atomic E-state index is 0.0953. The quantitative estimate of drug-likeness (QED) is 0.256. The van der Waals surface area contributed by atoms with E-state index < -0.39 is 0 Å². The largest absolute Gasteiger partial charge is 0.506 e. The molecular formula is C33H28N4O. The third-order valence-electron chi connectivity index (χ3n) is 6.65. The van der Waals surface area contributed by atoms with Gasteiger partial charge in [0.05, 0.1) is 28.5 Å². The molecule has 0 fully saturated rings. The number of imidazole rings is 1. The Balaban J connectivity index is 1.63. The molecule has 38 heavy (non-hydrogen) atoms. The van der Waals surface area contributed by atoms with Crippen molar-refractivity contribution < 1.29 is 5.11 Å². The number of aromatic hydroxyl groups is 1. The topological polar surface area (TPSA) is 63.8 Å². The zero-order chi connectivity index (χ0) is 26.1. The van der Waals surface area contributed by atoms with Crippen molar-refractivity contribution in [2.45, 2.75) is 20.3 Å². The first-order valence-corrected chi connectivity index (χ1v) is 12.8. The molecule has 5 heteroatoms. The second kappa shape index (κ2) is 9.94. The summed E-state index contributed by atoms with van der Waals surface area (Å²) in [6, 6.07) is 30.9. The van der Waals surface area contributed by atoms with Crippen molar-refractivity contribution in [3.8, 4) is 45.2 Å². The minimum absolute atomic E-state index is 0.0953. The van der Waals surface area contributed by atoms with Crippen molar-refractivity contribution in [2.24, 2.45) is 5.92 Å². The van der Waals surface area contributed by atoms with Gasteiger partial charge in [0.2, 0.25) is 0 Å². The van der Waals surface area contributed by atoms with Crippen LogP contribution >= 0.6 is 0 Å². The minimum Gasteiger partial charge on any atom is -0.506 e. The molecule has 3 heterocycles. The van der Waals surface area contributed by atoms with E-state index in [0.717, 1.165) is 45.5 Å². The average Bonchev–Trinajstić information content (AvgIpc) is 3.33.